The van der Waals surface area contributed by atoms with Crippen LogP contribution in [-0.2, 0) is 14.3 Å². The topological polar surface area (TPSA) is 99.4 Å². The molecular formula is C18H30N2O5. The van der Waals surface area contributed by atoms with Crippen molar-refractivity contribution in [3.05, 3.63) is 0 Å². The van der Waals surface area contributed by atoms with Crippen molar-refractivity contribution in [1.29, 1.82) is 0 Å². The molecule has 3 rings (SSSR count). The van der Waals surface area contributed by atoms with Crippen molar-refractivity contribution in [1.82, 2.24) is 4.90 Å². The molecule has 25 heavy (non-hydrogen) atoms. The van der Waals surface area contributed by atoms with Gasteiger partial charge in [0, 0.05) is 12.6 Å². The number of aliphatic carboxylic acids is 2. The van der Waals surface area contributed by atoms with Crippen LogP contribution in [0.25, 0.3) is 0 Å². The van der Waals surface area contributed by atoms with Crippen LogP contribution in [0.15, 0.2) is 4.99 Å². The molecule has 0 unspecified atom stereocenters. The van der Waals surface area contributed by atoms with Gasteiger partial charge in [-0.15, -0.1) is 0 Å². The fourth-order valence-electron chi connectivity index (χ4n) is 3.79. The van der Waals surface area contributed by atoms with Crippen molar-refractivity contribution in [2.24, 2.45) is 4.99 Å². The summed E-state index contributed by atoms with van der Waals surface area (Å²) in [6, 6.07) is 2.23. The minimum Gasteiger partial charge on any atom is -0.473 e. The van der Waals surface area contributed by atoms with Crippen LogP contribution < -0.4 is 0 Å². The van der Waals surface area contributed by atoms with E-state index < -0.39 is 11.9 Å². The monoisotopic (exact) mass is 354 g/mol. The molecule has 1 heterocycles. The van der Waals surface area contributed by atoms with Crippen molar-refractivity contribution < 1.29 is 24.5 Å². The highest BCUT2D eigenvalue weighted by molar-refractivity contribution is 6.27. The van der Waals surface area contributed by atoms with Gasteiger partial charge >= 0.3 is 11.9 Å². The van der Waals surface area contributed by atoms with E-state index in [2.05, 4.69) is 4.90 Å². The fourth-order valence-corrected chi connectivity index (χ4v) is 3.79. The molecular weight excluding hydrogens is 324 g/mol. The molecule has 1 saturated heterocycles. The number of carboxylic acids is 2. The standard InChI is InChI=1S/C16H28N2O.C2H2O4/c1-3-8-14(9-4-1)17-16-18(12-7-13-19-16)15-10-5-2-6-11-15;3-1(4)2(5)6/h14-15H,1-13H2;(H,3,4)(H,5,6). The maximum absolute atomic E-state index is 9.10. The zero-order valence-electron chi connectivity index (χ0n) is 14.9. The minimum absolute atomic E-state index is 0.535. The van der Waals surface area contributed by atoms with E-state index in [9.17, 15) is 0 Å². The Kier molecular flexibility index (Phi) is 8.01. The molecule has 0 spiro atoms. The molecule has 2 N–H and O–H groups in total. The maximum Gasteiger partial charge on any atom is 0.414 e. The minimum atomic E-state index is -1.82. The lowest BCUT2D eigenvalue weighted by molar-refractivity contribution is -0.159. The van der Waals surface area contributed by atoms with E-state index in [0.717, 1.165) is 19.2 Å². The number of hydrogen-bond acceptors (Lipinski definition) is 4. The summed E-state index contributed by atoms with van der Waals surface area (Å²) in [5.41, 5.74) is 0. The second-order valence-corrected chi connectivity index (χ2v) is 7.00. The predicted molar refractivity (Wildman–Crippen MR) is 93.7 cm³/mol. The molecule has 0 bridgehead atoms. The molecule has 0 atom stereocenters. The molecule has 7 heteroatoms. The van der Waals surface area contributed by atoms with Crippen LogP contribution in [0.2, 0.25) is 0 Å². The Hall–Kier alpha value is -1.79. The smallest absolute Gasteiger partial charge is 0.414 e. The van der Waals surface area contributed by atoms with Crippen molar-refractivity contribution in [2.45, 2.75) is 82.7 Å². The highest BCUT2D eigenvalue weighted by atomic mass is 16.5. The number of aliphatic imine (C=N–C) groups is 1. The Morgan fingerprint density at radius 2 is 1.44 bits per heavy atom. The first-order valence-electron chi connectivity index (χ1n) is 9.51. The highest BCUT2D eigenvalue weighted by Crippen LogP contribution is 2.26. The number of ether oxygens (including phenoxy) is 1. The van der Waals surface area contributed by atoms with Gasteiger partial charge in [-0.1, -0.05) is 38.5 Å². The maximum atomic E-state index is 9.10. The molecule has 0 aromatic carbocycles. The average Bonchev–Trinajstić information content (AvgIpc) is 2.64. The van der Waals surface area contributed by atoms with E-state index in [4.69, 9.17) is 29.5 Å². The second-order valence-electron chi connectivity index (χ2n) is 7.00. The number of rotatable bonds is 2. The SMILES string of the molecule is C1CCC(N=C2OCCCN2C2CCCCC2)CC1.O=C(O)C(=O)O. The van der Waals surface area contributed by atoms with Gasteiger partial charge in [0.1, 0.15) is 0 Å². The Bertz CT molecular complexity index is 456. The molecule has 0 amide bonds. The van der Waals surface area contributed by atoms with E-state index in [1.54, 1.807) is 0 Å². The van der Waals surface area contributed by atoms with Gasteiger partial charge in [-0.2, -0.15) is 0 Å². The first-order chi connectivity index (χ1) is 12.1. The number of carboxylic acid groups (broad SMARTS) is 2. The molecule has 0 aromatic rings. The van der Waals surface area contributed by atoms with Crippen LogP contribution in [0.3, 0.4) is 0 Å². The number of hydrogen-bond donors (Lipinski definition) is 2. The number of amidine groups is 1. The third-order valence-electron chi connectivity index (χ3n) is 5.09. The number of carbonyl (C=O) groups is 2. The molecule has 0 radical (unpaired) electrons. The summed E-state index contributed by atoms with van der Waals surface area (Å²) < 4.78 is 5.92. The largest absolute Gasteiger partial charge is 0.473 e. The summed E-state index contributed by atoms with van der Waals surface area (Å²) in [7, 11) is 0. The predicted octanol–water partition coefficient (Wildman–Crippen LogP) is 2.89. The Morgan fingerprint density at radius 1 is 0.880 bits per heavy atom. The number of nitrogens with zero attached hydrogens (tertiary/aromatic N) is 2. The average molecular weight is 354 g/mol. The first-order valence-corrected chi connectivity index (χ1v) is 9.51. The molecule has 7 nitrogen and oxygen atoms in total. The van der Waals surface area contributed by atoms with Crippen molar-refractivity contribution >= 4 is 18.0 Å². The quantitative estimate of drug-likeness (QED) is 0.740. The van der Waals surface area contributed by atoms with E-state index >= 15 is 0 Å². The summed E-state index contributed by atoms with van der Waals surface area (Å²) in [6.07, 6.45) is 14.7. The Morgan fingerprint density at radius 3 is 2.00 bits per heavy atom. The fraction of sp³-hybridized carbons (Fsp3) is 0.833. The second kappa shape index (κ2) is 10.3. The normalized spacial score (nSPS) is 24.2. The van der Waals surface area contributed by atoms with E-state index in [1.165, 1.54) is 70.6 Å². The molecule has 2 aliphatic carbocycles. The summed E-state index contributed by atoms with van der Waals surface area (Å²) >= 11 is 0. The molecule has 142 valence electrons. The third-order valence-corrected chi connectivity index (χ3v) is 5.09. The lowest BCUT2D eigenvalue weighted by Crippen LogP contribution is -2.47. The van der Waals surface area contributed by atoms with Crippen LogP contribution in [0.1, 0.15) is 70.6 Å². The van der Waals surface area contributed by atoms with Gasteiger partial charge < -0.3 is 19.8 Å². The van der Waals surface area contributed by atoms with Gasteiger partial charge in [0.05, 0.1) is 12.6 Å². The van der Waals surface area contributed by atoms with Gasteiger partial charge in [-0.05, 0) is 32.1 Å². The van der Waals surface area contributed by atoms with E-state index in [-0.39, 0.29) is 0 Å². The zero-order valence-corrected chi connectivity index (χ0v) is 14.9. The summed E-state index contributed by atoms with van der Waals surface area (Å²) in [4.78, 5) is 25.7. The van der Waals surface area contributed by atoms with E-state index in [1.807, 2.05) is 0 Å². The molecule has 3 fully saturated rings. The first kappa shape index (κ1) is 19.5. The van der Waals surface area contributed by atoms with Crippen LogP contribution >= 0.6 is 0 Å². The molecule has 0 aromatic heterocycles. The molecule has 1 aliphatic heterocycles. The highest BCUT2D eigenvalue weighted by Gasteiger charge is 2.28. The lowest BCUT2D eigenvalue weighted by Gasteiger charge is -2.39. The van der Waals surface area contributed by atoms with Gasteiger partial charge in [0.2, 0.25) is 0 Å². The Labute approximate surface area is 149 Å². The van der Waals surface area contributed by atoms with Gasteiger partial charge in [0.25, 0.3) is 6.02 Å². The van der Waals surface area contributed by atoms with Crippen LogP contribution in [0, 0.1) is 0 Å². The molecule has 2 saturated carbocycles. The summed E-state index contributed by atoms with van der Waals surface area (Å²) in [6.45, 7) is 2.03. The van der Waals surface area contributed by atoms with Gasteiger partial charge in [-0.3, -0.25) is 0 Å². The van der Waals surface area contributed by atoms with Gasteiger partial charge in [0.15, 0.2) is 0 Å². The van der Waals surface area contributed by atoms with E-state index in [0.29, 0.717) is 12.1 Å². The summed E-state index contributed by atoms with van der Waals surface area (Å²) in [5, 5.41) is 14.8. The van der Waals surface area contributed by atoms with Crippen molar-refractivity contribution in [3.8, 4) is 0 Å². The third kappa shape index (κ3) is 6.55. The van der Waals surface area contributed by atoms with Crippen LogP contribution in [-0.4, -0.2) is 58.3 Å². The van der Waals surface area contributed by atoms with Crippen LogP contribution in [0.5, 0.6) is 0 Å². The van der Waals surface area contributed by atoms with Crippen LogP contribution in [0.4, 0.5) is 0 Å². The van der Waals surface area contributed by atoms with Gasteiger partial charge in [-0.25, -0.2) is 14.6 Å². The van der Waals surface area contributed by atoms with Crippen molar-refractivity contribution in [3.63, 3.8) is 0 Å². The zero-order chi connectivity index (χ0) is 18.1. The van der Waals surface area contributed by atoms with Crippen molar-refractivity contribution in [2.75, 3.05) is 13.2 Å². The lowest BCUT2D eigenvalue weighted by atomic mass is 9.94. The summed E-state index contributed by atoms with van der Waals surface area (Å²) in [5.74, 6) is -3.65. The Balaban J connectivity index is 0.000000326. The molecule has 3 aliphatic rings.